The molecule has 2 heterocycles. The standard InChI is InChI=1S/C25H22F4N4O3S/c1-14(34)31-9-8-18(13-31)36-21-7-6-17(11-20(21)26)33-23(37)32(22(35)24(33,2)3)16-5-4-15(12-30)19(10-16)25(27,28)29/h4-7,10-11,18H,8-9,13H2,1-3H3. The first-order valence-electron chi connectivity index (χ1n) is 11.3. The average Bonchev–Trinajstić information content (AvgIpc) is 3.35. The molecule has 0 bridgehead atoms. The molecular weight excluding hydrogens is 512 g/mol. The Morgan fingerprint density at radius 3 is 2.43 bits per heavy atom. The molecule has 0 aromatic heterocycles. The summed E-state index contributed by atoms with van der Waals surface area (Å²) in [5.74, 6) is -1.47. The summed E-state index contributed by atoms with van der Waals surface area (Å²) in [6.07, 6.45) is -4.64. The van der Waals surface area contributed by atoms with Gasteiger partial charge in [-0.3, -0.25) is 14.5 Å². The number of thiocarbonyl (C=S) groups is 1. The van der Waals surface area contributed by atoms with Crippen molar-refractivity contribution >= 4 is 40.5 Å². The van der Waals surface area contributed by atoms with E-state index in [-0.39, 0.29) is 34.2 Å². The van der Waals surface area contributed by atoms with Crippen LogP contribution in [-0.4, -0.2) is 46.6 Å². The van der Waals surface area contributed by atoms with Crippen LogP contribution in [0.15, 0.2) is 36.4 Å². The summed E-state index contributed by atoms with van der Waals surface area (Å²) in [4.78, 5) is 28.7. The number of nitrogens with zero attached hydrogens (tertiary/aromatic N) is 4. The van der Waals surface area contributed by atoms with E-state index in [0.717, 1.165) is 17.0 Å². The molecule has 7 nitrogen and oxygen atoms in total. The zero-order chi connectivity index (χ0) is 27.3. The fraction of sp³-hybridized carbons (Fsp3) is 0.360. The first-order valence-corrected chi connectivity index (χ1v) is 11.7. The van der Waals surface area contributed by atoms with Crippen molar-refractivity contribution in [1.29, 1.82) is 5.26 Å². The molecular formula is C25H22F4N4O3S. The van der Waals surface area contributed by atoms with Crippen LogP contribution in [0.25, 0.3) is 0 Å². The molecule has 1 unspecified atom stereocenters. The van der Waals surface area contributed by atoms with Crippen molar-refractivity contribution in [1.82, 2.24) is 4.90 Å². The van der Waals surface area contributed by atoms with Crippen molar-refractivity contribution in [2.75, 3.05) is 22.9 Å². The van der Waals surface area contributed by atoms with E-state index in [1.807, 2.05) is 0 Å². The van der Waals surface area contributed by atoms with Crippen LogP contribution in [0.1, 0.15) is 38.3 Å². The van der Waals surface area contributed by atoms with Crippen molar-refractivity contribution in [3.63, 3.8) is 0 Å². The molecule has 12 heteroatoms. The highest BCUT2D eigenvalue weighted by atomic mass is 32.1. The van der Waals surface area contributed by atoms with Crippen LogP contribution in [0.2, 0.25) is 0 Å². The number of benzene rings is 2. The molecule has 194 valence electrons. The van der Waals surface area contributed by atoms with Crippen LogP contribution < -0.4 is 14.5 Å². The lowest BCUT2D eigenvalue weighted by molar-refractivity contribution is -0.137. The molecule has 0 N–H and O–H groups in total. The normalized spacial score (nSPS) is 19.4. The Kier molecular flexibility index (Phi) is 6.62. The lowest BCUT2D eigenvalue weighted by Crippen LogP contribution is -2.44. The second-order valence-electron chi connectivity index (χ2n) is 9.27. The Labute approximate surface area is 215 Å². The third kappa shape index (κ3) is 4.71. The third-order valence-electron chi connectivity index (χ3n) is 6.41. The van der Waals surface area contributed by atoms with Crippen LogP contribution in [0.5, 0.6) is 5.75 Å². The molecule has 0 aliphatic carbocycles. The smallest absolute Gasteiger partial charge is 0.417 e. The van der Waals surface area contributed by atoms with Gasteiger partial charge in [0.1, 0.15) is 11.6 Å². The zero-order valence-corrected chi connectivity index (χ0v) is 20.9. The van der Waals surface area contributed by atoms with Crippen molar-refractivity contribution in [2.24, 2.45) is 0 Å². The number of alkyl halides is 3. The predicted molar refractivity (Wildman–Crippen MR) is 130 cm³/mol. The van der Waals surface area contributed by atoms with E-state index < -0.39 is 34.6 Å². The molecule has 0 spiro atoms. The lowest BCUT2D eigenvalue weighted by atomic mass is 10.0. The molecule has 2 aliphatic heterocycles. The average molecular weight is 535 g/mol. The molecule has 4 rings (SSSR count). The van der Waals surface area contributed by atoms with Crippen molar-refractivity contribution in [3.05, 3.63) is 53.3 Å². The second-order valence-corrected chi connectivity index (χ2v) is 9.63. The summed E-state index contributed by atoms with van der Waals surface area (Å²) in [6.45, 7) is 5.35. The highest BCUT2D eigenvalue weighted by Gasteiger charge is 2.51. The number of hydrogen-bond donors (Lipinski definition) is 0. The van der Waals surface area contributed by atoms with Gasteiger partial charge in [0, 0.05) is 31.6 Å². The summed E-state index contributed by atoms with van der Waals surface area (Å²) in [5, 5.41) is 8.92. The van der Waals surface area contributed by atoms with Crippen molar-refractivity contribution in [3.8, 4) is 11.8 Å². The van der Waals surface area contributed by atoms with Crippen LogP contribution in [0.3, 0.4) is 0 Å². The molecule has 0 saturated carbocycles. The van der Waals surface area contributed by atoms with Crippen LogP contribution in [-0.2, 0) is 15.8 Å². The maximum atomic E-state index is 15.0. The number of ether oxygens (including phenoxy) is 1. The van der Waals surface area contributed by atoms with Gasteiger partial charge < -0.3 is 14.5 Å². The topological polar surface area (TPSA) is 76.9 Å². The number of halogens is 4. The number of carbonyl (C=O) groups is 2. The Balaban J connectivity index is 1.63. The van der Waals surface area contributed by atoms with Gasteiger partial charge in [-0.15, -0.1) is 0 Å². The van der Waals surface area contributed by atoms with Crippen molar-refractivity contribution < 1.29 is 31.9 Å². The molecule has 2 aliphatic rings. The maximum Gasteiger partial charge on any atom is 0.417 e. The minimum absolute atomic E-state index is 0.0350. The van der Waals surface area contributed by atoms with Gasteiger partial charge in [0.25, 0.3) is 5.91 Å². The zero-order valence-electron chi connectivity index (χ0n) is 20.1. The summed E-state index contributed by atoms with van der Waals surface area (Å²) in [7, 11) is 0. The molecule has 2 saturated heterocycles. The quantitative estimate of drug-likeness (QED) is 0.421. The van der Waals surface area contributed by atoms with E-state index in [1.165, 1.54) is 49.9 Å². The largest absolute Gasteiger partial charge is 0.485 e. The highest BCUT2D eigenvalue weighted by molar-refractivity contribution is 7.81. The predicted octanol–water partition coefficient (Wildman–Crippen LogP) is 4.63. The first-order chi connectivity index (χ1) is 17.3. The summed E-state index contributed by atoms with van der Waals surface area (Å²) < 4.78 is 61.3. The minimum atomic E-state index is -4.82. The van der Waals surface area contributed by atoms with Crippen LogP contribution >= 0.6 is 12.2 Å². The van der Waals surface area contributed by atoms with Crippen LogP contribution in [0.4, 0.5) is 28.9 Å². The summed E-state index contributed by atoms with van der Waals surface area (Å²) >= 11 is 5.47. The Morgan fingerprint density at radius 1 is 1.19 bits per heavy atom. The number of nitriles is 1. The third-order valence-corrected chi connectivity index (χ3v) is 6.78. The van der Waals surface area contributed by atoms with Gasteiger partial charge >= 0.3 is 6.18 Å². The Morgan fingerprint density at radius 2 is 1.86 bits per heavy atom. The van der Waals surface area contributed by atoms with Crippen LogP contribution in [0, 0.1) is 17.1 Å². The number of anilines is 2. The fourth-order valence-corrected chi connectivity index (χ4v) is 5.00. The van der Waals surface area contributed by atoms with Gasteiger partial charge in [0.05, 0.1) is 29.4 Å². The molecule has 2 fully saturated rings. The van der Waals surface area contributed by atoms with E-state index in [0.29, 0.717) is 25.6 Å². The molecule has 1 atom stereocenters. The van der Waals surface area contributed by atoms with Crippen molar-refractivity contribution in [2.45, 2.75) is 45.0 Å². The first kappa shape index (κ1) is 26.3. The SMILES string of the molecule is CC(=O)N1CCC(Oc2ccc(N3C(=S)N(c4ccc(C#N)c(C(F)(F)F)c4)C(=O)C3(C)C)cc2F)C1. The molecule has 2 aromatic carbocycles. The Bertz CT molecular complexity index is 1340. The number of amides is 2. The van der Waals surface area contributed by atoms with Gasteiger partial charge in [0.15, 0.2) is 16.7 Å². The van der Waals surface area contributed by atoms with Gasteiger partial charge in [-0.05, 0) is 56.4 Å². The maximum absolute atomic E-state index is 15.0. The second kappa shape index (κ2) is 9.30. The number of carbonyl (C=O) groups excluding carboxylic acids is 2. The monoisotopic (exact) mass is 534 g/mol. The minimum Gasteiger partial charge on any atom is -0.485 e. The molecule has 2 aromatic rings. The number of hydrogen-bond acceptors (Lipinski definition) is 5. The van der Waals surface area contributed by atoms with E-state index in [9.17, 15) is 22.8 Å². The molecule has 37 heavy (non-hydrogen) atoms. The van der Waals surface area contributed by atoms with E-state index >= 15 is 4.39 Å². The number of rotatable bonds is 4. The summed E-state index contributed by atoms with van der Waals surface area (Å²) in [6, 6.07) is 8.41. The van der Waals surface area contributed by atoms with E-state index in [1.54, 1.807) is 4.90 Å². The Hall–Kier alpha value is -3.72. The van der Waals surface area contributed by atoms with E-state index in [2.05, 4.69) is 0 Å². The van der Waals surface area contributed by atoms with Gasteiger partial charge in [-0.1, -0.05) is 0 Å². The van der Waals surface area contributed by atoms with Gasteiger partial charge in [-0.2, -0.15) is 18.4 Å². The molecule has 2 amide bonds. The summed E-state index contributed by atoms with van der Waals surface area (Å²) in [5.41, 5.74) is -3.09. The number of likely N-dealkylation sites (tertiary alicyclic amines) is 1. The lowest BCUT2D eigenvalue weighted by Gasteiger charge is -2.29. The van der Waals surface area contributed by atoms with Gasteiger partial charge in [0.2, 0.25) is 5.91 Å². The van der Waals surface area contributed by atoms with Gasteiger partial charge in [-0.25, -0.2) is 4.39 Å². The molecule has 0 radical (unpaired) electrons. The van der Waals surface area contributed by atoms with E-state index in [4.69, 9.17) is 22.2 Å². The highest BCUT2D eigenvalue weighted by Crippen LogP contribution is 2.40. The fourth-order valence-electron chi connectivity index (χ4n) is 4.47.